The molecule has 16 heavy (non-hydrogen) atoms. The van der Waals surface area contributed by atoms with E-state index < -0.39 is 0 Å². The van der Waals surface area contributed by atoms with Crippen LogP contribution >= 0.6 is 15.9 Å². The standard InChI is InChI=1S/C12H15BrN2O/c1-3-15(6-7-16-2)11-5-4-10(9-14)12(13)8-11/h4-5,8H,3,6-7H2,1-2H3. The van der Waals surface area contributed by atoms with Crippen molar-refractivity contribution in [1.82, 2.24) is 0 Å². The number of anilines is 1. The molecular formula is C12H15BrN2O. The molecule has 1 rings (SSSR count). The van der Waals surface area contributed by atoms with Gasteiger partial charge in [0.05, 0.1) is 12.2 Å². The Morgan fingerprint density at radius 1 is 1.50 bits per heavy atom. The Labute approximate surface area is 105 Å². The molecule has 0 aromatic heterocycles. The molecule has 0 unspecified atom stereocenters. The third-order valence-electron chi connectivity index (χ3n) is 2.39. The lowest BCUT2D eigenvalue weighted by atomic mass is 10.2. The molecule has 1 aromatic rings. The van der Waals surface area contributed by atoms with E-state index >= 15 is 0 Å². The molecule has 0 heterocycles. The number of hydrogen-bond donors (Lipinski definition) is 0. The predicted molar refractivity (Wildman–Crippen MR) is 68.6 cm³/mol. The molecule has 0 bridgehead atoms. The summed E-state index contributed by atoms with van der Waals surface area (Å²) < 4.78 is 5.90. The SMILES string of the molecule is CCN(CCOC)c1ccc(C#N)c(Br)c1. The minimum absolute atomic E-state index is 0.659. The third-order valence-corrected chi connectivity index (χ3v) is 3.04. The first-order chi connectivity index (χ1) is 7.72. The molecular weight excluding hydrogens is 268 g/mol. The van der Waals surface area contributed by atoms with Crippen LogP contribution in [0, 0.1) is 11.3 Å². The molecule has 0 saturated heterocycles. The van der Waals surface area contributed by atoms with E-state index in [0.717, 1.165) is 23.2 Å². The van der Waals surface area contributed by atoms with Crippen LogP contribution in [-0.2, 0) is 4.74 Å². The Hall–Kier alpha value is -1.05. The fourth-order valence-electron chi connectivity index (χ4n) is 1.46. The first-order valence-corrected chi connectivity index (χ1v) is 5.95. The Kier molecular flexibility index (Phi) is 5.30. The van der Waals surface area contributed by atoms with Crippen LogP contribution in [0.15, 0.2) is 22.7 Å². The summed E-state index contributed by atoms with van der Waals surface area (Å²) in [5.74, 6) is 0. The molecule has 86 valence electrons. The summed E-state index contributed by atoms with van der Waals surface area (Å²) in [6, 6.07) is 7.89. The van der Waals surface area contributed by atoms with Crippen LogP contribution in [0.3, 0.4) is 0 Å². The van der Waals surface area contributed by atoms with E-state index in [1.54, 1.807) is 7.11 Å². The van der Waals surface area contributed by atoms with E-state index in [4.69, 9.17) is 10.00 Å². The topological polar surface area (TPSA) is 36.3 Å². The molecule has 1 aromatic carbocycles. The molecule has 4 heteroatoms. The van der Waals surface area contributed by atoms with Gasteiger partial charge in [0.25, 0.3) is 0 Å². The third kappa shape index (κ3) is 3.22. The van der Waals surface area contributed by atoms with Crippen molar-refractivity contribution < 1.29 is 4.74 Å². The van der Waals surface area contributed by atoms with E-state index in [-0.39, 0.29) is 0 Å². The lowest BCUT2D eigenvalue weighted by Crippen LogP contribution is -2.26. The highest BCUT2D eigenvalue weighted by molar-refractivity contribution is 9.10. The summed E-state index contributed by atoms with van der Waals surface area (Å²) in [6.07, 6.45) is 0. The molecule has 0 saturated carbocycles. The van der Waals surface area contributed by atoms with Gasteiger partial charge in [0, 0.05) is 30.4 Å². The fraction of sp³-hybridized carbons (Fsp3) is 0.417. The van der Waals surface area contributed by atoms with E-state index in [1.165, 1.54) is 0 Å². The van der Waals surface area contributed by atoms with Gasteiger partial charge in [-0.3, -0.25) is 0 Å². The first-order valence-electron chi connectivity index (χ1n) is 5.16. The van der Waals surface area contributed by atoms with Gasteiger partial charge in [0.2, 0.25) is 0 Å². The molecule has 0 fully saturated rings. The molecule has 0 aliphatic rings. The highest BCUT2D eigenvalue weighted by Gasteiger charge is 2.06. The maximum atomic E-state index is 8.83. The highest BCUT2D eigenvalue weighted by Crippen LogP contribution is 2.23. The summed E-state index contributed by atoms with van der Waals surface area (Å²) in [7, 11) is 1.70. The number of halogens is 1. The summed E-state index contributed by atoms with van der Waals surface area (Å²) in [6.45, 7) is 4.57. The van der Waals surface area contributed by atoms with E-state index in [0.29, 0.717) is 12.2 Å². The number of nitriles is 1. The second kappa shape index (κ2) is 6.51. The van der Waals surface area contributed by atoms with Gasteiger partial charge in [-0.15, -0.1) is 0 Å². The molecule has 0 atom stereocenters. The number of likely N-dealkylation sites (N-methyl/N-ethyl adjacent to an activating group) is 1. The molecule has 0 aliphatic carbocycles. The van der Waals surface area contributed by atoms with Gasteiger partial charge >= 0.3 is 0 Å². The zero-order valence-corrected chi connectivity index (χ0v) is 11.1. The monoisotopic (exact) mass is 282 g/mol. The minimum atomic E-state index is 0.659. The van der Waals surface area contributed by atoms with Crippen molar-refractivity contribution >= 4 is 21.6 Å². The van der Waals surface area contributed by atoms with Gasteiger partial charge in [-0.25, -0.2) is 0 Å². The van der Waals surface area contributed by atoms with Crippen LogP contribution < -0.4 is 4.90 Å². The highest BCUT2D eigenvalue weighted by atomic mass is 79.9. The Balaban J connectivity index is 2.86. The molecule has 0 radical (unpaired) electrons. The second-order valence-corrected chi connectivity index (χ2v) is 4.20. The largest absolute Gasteiger partial charge is 0.383 e. The number of benzene rings is 1. The summed E-state index contributed by atoms with van der Waals surface area (Å²) >= 11 is 3.39. The number of hydrogen-bond acceptors (Lipinski definition) is 3. The van der Waals surface area contributed by atoms with Crippen molar-refractivity contribution in [3.05, 3.63) is 28.2 Å². The average molecular weight is 283 g/mol. The smallest absolute Gasteiger partial charge is 0.100 e. The van der Waals surface area contributed by atoms with Gasteiger partial charge < -0.3 is 9.64 Å². The zero-order valence-electron chi connectivity index (χ0n) is 9.53. The lowest BCUT2D eigenvalue weighted by Gasteiger charge is -2.23. The molecule has 0 amide bonds. The van der Waals surface area contributed by atoms with Crippen molar-refractivity contribution in [3.8, 4) is 6.07 Å². The molecule has 0 N–H and O–H groups in total. The average Bonchev–Trinajstić information content (AvgIpc) is 2.30. The van der Waals surface area contributed by atoms with Crippen LogP contribution in [0.2, 0.25) is 0 Å². The first kappa shape index (κ1) is 13.0. The minimum Gasteiger partial charge on any atom is -0.383 e. The van der Waals surface area contributed by atoms with Gasteiger partial charge in [-0.1, -0.05) is 0 Å². The van der Waals surface area contributed by atoms with Crippen molar-refractivity contribution in [2.75, 3.05) is 31.7 Å². The fourth-order valence-corrected chi connectivity index (χ4v) is 1.92. The van der Waals surface area contributed by atoms with Gasteiger partial charge in [-0.05, 0) is 41.1 Å². The van der Waals surface area contributed by atoms with E-state index in [9.17, 15) is 0 Å². The van der Waals surface area contributed by atoms with Crippen LogP contribution in [-0.4, -0.2) is 26.8 Å². The second-order valence-electron chi connectivity index (χ2n) is 3.35. The van der Waals surface area contributed by atoms with Crippen molar-refractivity contribution in [3.63, 3.8) is 0 Å². The maximum absolute atomic E-state index is 8.83. The summed E-state index contributed by atoms with van der Waals surface area (Å²) in [4.78, 5) is 2.20. The van der Waals surface area contributed by atoms with Crippen LogP contribution in [0.1, 0.15) is 12.5 Å². The van der Waals surface area contributed by atoms with Crippen LogP contribution in [0.25, 0.3) is 0 Å². The van der Waals surface area contributed by atoms with Crippen LogP contribution in [0.4, 0.5) is 5.69 Å². The zero-order chi connectivity index (χ0) is 12.0. The quantitative estimate of drug-likeness (QED) is 0.833. The Morgan fingerprint density at radius 3 is 2.75 bits per heavy atom. The van der Waals surface area contributed by atoms with Gasteiger partial charge in [0.15, 0.2) is 0 Å². The summed E-state index contributed by atoms with van der Waals surface area (Å²) in [5, 5.41) is 8.83. The van der Waals surface area contributed by atoms with Crippen molar-refractivity contribution in [2.45, 2.75) is 6.92 Å². The van der Waals surface area contributed by atoms with E-state index in [1.807, 2.05) is 18.2 Å². The van der Waals surface area contributed by atoms with Crippen molar-refractivity contribution in [2.24, 2.45) is 0 Å². The number of nitrogens with zero attached hydrogens (tertiary/aromatic N) is 2. The number of methoxy groups -OCH3 is 1. The summed E-state index contributed by atoms with van der Waals surface area (Å²) in [5.41, 5.74) is 1.76. The number of rotatable bonds is 5. The molecule has 0 aliphatic heterocycles. The van der Waals surface area contributed by atoms with Crippen molar-refractivity contribution in [1.29, 1.82) is 5.26 Å². The maximum Gasteiger partial charge on any atom is 0.100 e. The van der Waals surface area contributed by atoms with Gasteiger partial charge in [0.1, 0.15) is 6.07 Å². The number of ether oxygens (including phenoxy) is 1. The van der Waals surface area contributed by atoms with Crippen LogP contribution in [0.5, 0.6) is 0 Å². The molecule has 0 spiro atoms. The normalized spacial score (nSPS) is 9.88. The Morgan fingerprint density at radius 2 is 2.25 bits per heavy atom. The predicted octanol–water partition coefficient (Wildman–Crippen LogP) is 2.79. The van der Waals surface area contributed by atoms with E-state index in [2.05, 4.69) is 33.8 Å². The van der Waals surface area contributed by atoms with Gasteiger partial charge in [-0.2, -0.15) is 5.26 Å². The molecule has 3 nitrogen and oxygen atoms in total. The lowest BCUT2D eigenvalue weighted by molar-refractivity contribution is 0.205. The Bertz CT molecular complexity index is 387.